The summed E-state index contributed by atoms with van der Waals surface area (Å²) < 4.78 is 1.82. The van der Waals surface area contributed by atoms with E-state index in [9.17, 15) is 4.79 Å². The van der Waals surface area contributed by atoms with Crippen LogP contribution in [-0.2, 0) is 4.79 Å². The Balaban J connectivity index is 0.000000408. The van der Waals surface area contributed by atoms with Gasteiger partial charge in [0.25, 0.3) is 6.47 Å². The van der Waals surface area contributed by atoms with Crippen molar-refractivity contribution in [2.75, 3.05) is 0 Å². The quantitative estimate of drug-likeness (QED) is 0.760. The lowest BCUT2D eigenvalue weighted by Gasteiger charge is -2.26. The Morgan fingerprint density at radius 1 is 1.47 bits per heavy atom. The van der Waals surface area contributed by atoms with Crippen molar-refractivity contribution in [3.8, 4) is 6.07 Å². The SMILES string of the molecule is N#Cc1ccc2c(c1)[nH]c(=O)n2C1CCC1.O=CO. The van der Waals surface area contributed by atoms with Gasteiger partial charge in [-0.25, -0.2) is 4.79 Å². The molecular formula is C13H13N3O3. The number of nitriles is 1. The summed E-state index contributed by atoms with van der Waals surface area (Å²) in [5.74, 6) is 0. The maximum absolute atomic E-state index is 11.8. The van der Waals surface area contributed by atoms with Crippen LogP contribution >= 0.6 is 0 Å². The van der Waals surface area contributed by atoms with E-state index in [-0.39, 0.29) is 12.2 Å². The first-order valence-electron chi connectivity index (χ1n) is 5.93. The molecule has 2 N–H and O–H groups in total. The van der Waals surface area contributed by atoms with E-state index in [1.54, 1.807) is 12.1 Å². The second-order valence-electron chi connectivity index (χ2n) is 4.33. The van der Waals surface area contributed by atoms with Crippen molar-refractivity contribution in [2.45, 2.75) is 25.3 Å². The van der Waals surface area contributed by atoms with Crippen LogP contribution in [0.3, 0.4) is 0 Å². The van der Waals surface area contributed by atoms with E-state index >= 15 is 0 Å². The molecule has 0 spiro atoms. The number of carboxylic acid groups (broad SMARTS) is 1. The van der Waals surface area contributed by atoms with Gasteiger partial charge in [-0.05, 0) is 37.5 Å². The van der Waals surface area contributed by atoms with Crippen molar-refractivity contribution in [3.05, 3.63) is 34.2 Å². The van der Waals surface area contributed by atoms with E-state index in [2.05, 4.69) is 11.1 Å². The van der Waals surface area contributed by atoms with Crippen LogP contribution in [0.5, 0.6) is 0 Å². The highest BCUT2D eigenvalue weighted by Gasteiger charge is 2.23. The predicted octanol–water partition coefficient (Wildman–Crippen LogP) is 1.63. The van der Waals surface area contributed by atoms with Gasteiger partial charge < -0.3 is 10.1 Å². The number of aromatic amines is 1. The number of aromatic nitrogens is 2. The van der Waals surface area contributed by atoms with E-state index in [1.807, 2.05) is 10.6 Å². The first kappa shape index (κ1) is 12.9. The van der Waals surface area contributed by atoms with Gasteiger partial charge in [0, 0.05) is 6.04 Å². The molecule has 6 nitrogen and oxygen atoms in total. The number of H-pyrrole nitrogens is 1. The lowest BCUT2D eigenvalue weighted by molar-refractivity contribution is -0.122. The minimum atomic E-state index is -0.250. The fourth-order valence-corrected chi connectivity index (χ4v) is 2.21. The zero-order chi connectivity index (χ0) is 13.8. The molecule has 1 fully saturated rings. The van der Waals surface area contributed by atoms with Crippen molar-refractivity contribution >= 4 is 17.5 Å². The Morgan fingerprint density at radius 2 is 2.16 bits per heavy atom. The monoisotopic (exact) mass is 259 g/mol. The molecule has 0 unspecified atom stereocenters. The average molecular weight is 259 g/mol. The van der Waals surface area contributed by atoms with Crippen molar-refractivity contribution in [1.29, 1.82) is 5.26 Å². The molecule has 1 aliphatic rings. The van der Waals surface area contributed by atoms with Gasteiger partial charge in [0.1, 0.15) is 0 Å². The molecule has 1 saturated carbocycles. The van der Waals surface area contributed by atoms with Gasteiger partial charge in [-0.2, -0.15) is 5.26 Å². The largest absolute Gasteiger partial charge is 0.483 e. The van der Waals surface area contributed by atoms with Gasteiger partial charge in [-0.3, -0.25) is 9.36 Å². The number of nitrogens with one attached hydrogen (secondary N) is 1. The van der Waals surface area contributed by atoms with E-state index in [4.69, 9.17) is 15.2 Å². The summed E-state index contributed by atoms with van der Waals surface area (Å²) in [6.07, 6.45) is 3.35. The van der Waals surface area contributed by atoms with E-state index in [1.165, 1.54) is 6.42 Å². The summed E-state index contributed by atoms with van der Waals surface area (Å²) in [4.78, 5) is 23.0. The van der Waals surface area contributed by atoms with Crippen LogP contribution < -0.4 is 5.69 Å². The number of nitrogens with zero attached hydrogens (tertiary/aromatic N) is 2. The third kappa shape index (κ3) is 2.36. The van der Waals surface area contributed by atoms with E-state index in [0.29, 0.717) is 11.6 Å². The first-order valence-corrected chi connectivity index (χ1v) is 5.93. The molecule has 0 atom stereocenters. The Hall–Kier alpha value is -2.55. The number of imidazole rings is 1. The second kappa shape index (κ2) is 5.40. The first-order chi connectivity index (χ1) is 9.21. The number of hydrogen-bond acceptors (Lipinski definition) is 3. The molecule has 0 aliphatic heterocycles. The molecule has 1 aromatic heterocycles. The van der Waals surface area contributed by atoms with Gasteiger partial charge in [-0.15, -0.1) is 0 Å². The topological polar surface area (TPSA) is 98.9 Å². The number of fused-ring (bicyclic) bond motifs is 1. The number of carbonyl (C=O) groups is 1. The smallest absolute Gasteiger partial charge is 0.326 e. The van der Waals surface area contributed by atoms with E-state index in [0.717, 1.165) is 23.9 Å². The molecule has 1 heterocycles. The van der Waals surface area contributed by atoms with E-state index < -0.39 is 0 Å². The maximum Gasteiger partial charge on any atom is 0.326 e. The number of rotatable bonds is 1. The van der Waals surface area contributed by atoms with Crippen LogP contribution in [0, 0.1) is 11.3 Å². The fraction of sp³-hybridized carbons (Fsp3) is 0.308. The molecule has 0 saturated heterocycles. The zero-order valence-corrected chi connectivity index (χ0v) is 10.2. The summed E-state index contributed by atoms with van der Waals surface area (Å²) in [7, 11) is 0. The number of benzene rings is 1. The van der Waals surface area contributed by atoms with Crippen LogP contribution in [0.25, 0.3) is 11.0 Å². The molecule has 0 radical (unpaired) electrons. The molecule has 2 aromatic rings. The van der Waals surface area contributed by atoms with Gasteiger partial charge in [-0.1, -0.05) is 0 Å². The Kier molecular flexibility index (Phi) is 3.66. The van der Waals surface area contributed by atoms with Crippen LogP contribution in [0.2, 0.25) is 0 Å². The fourth-order valence-electron chi connectivity index (χ4n) is 2.21. The van der Waals surface area contributed by atoms with Crippen molar-refractivity contribution in [2.24, 2.45) is 0 Å². The molecule has 1 aromatic carbocycles. The molecule has 3 rings (SSSR count). The molecule has 0 bridgehead atoms. The van der Waals surface area contributed by atoms with Crippen LogP contribution in [0.1, 0.15) is 30.9 Å². The van der Waals surface area contributed by atoms with Gasteiger partial charge in [0.2, 0.25) is 0 Å². The summed E-state index contributed by atoms with van der Waals surface area (Å²) in [5, 5.41) is 15.7. The minimum Gasteiger partial charge on any atom is -0.483 e. The highest BCUT2D eigenvalue weighted by Crippen LogP contribution is 2.32. The molecular weight excluding hydrogens is 246 g/mol. The van der Waals surface area contributed by atoms with Crippen molar-refractivity contribution < 1.29 is 9.90 Å². The highest BCUT2D eigenvalue weighted by atomic mass is 16.3. The second-order valence-corrected chi connectivity index (χ2v) is 4.33. The standard InChI is InChI=1S/C12H11N3O.CH2O2/c13-7-8-4-5-11-10(6-8)14-12(16)15(11)9-2-1-3-9;2-1-3/h4-6,9H,1-3H2,(H,14,16);1H,(H,2,3). The summed E-state index contributed by atoms with van der Waals surface area (Å²) in [6.45, 7) is -0.250. The lowest BCUT2D eigenvalue weighted by atomic mass is 9.93. The molecule has 6 heteroatoms. The average Bonchev–Trinajstić information content (AvgIpc) is 2.64. The third-order valence-corrected chi connectivity index (χ3v) is 3.29. The molecule has 98 valence electrons. The zero-order valence-electron chi connectivity index (χ0n) is 10.2. The van der Waals surface area contributed by atoms with Gasteiger partial charge >= 0.3 is 5.69 Å². The van der Waals surface area contributed by atoms with Gasteiger partial charge in [0.05, 0.1) is 22.7 Å². The molecule has 0 amide bonds. The van der Waals surface area contributed by atoms with Crippen LogP contribution in [0.4, 0.5) is 0 Å². The summed E-state index contributed by atoms with van der Waals surface area (Å²) in [5.41, 5.74) is 2.19. The summed E-state index contributed by atoms with van der Waals surface area (Å²) >= 11 is 0. The minimum absolute atomic E-state index is 0.0604. The normalized spacial score (nSPS) is 14.1. The summed E-state index contributed by atoms with van der Waals surface area (Å²) in [6, 6.07) is 7.75. The van der Waals surface area contributed by atoms with Crippen LogP contribution in [-0.4, -0.2) is 21.1 Å². The van der Waals surface area contributed by atoms with Crippen molar-refractivity contribution in [3.63, 3.8) is 0 Å². The predicted molar refractivity (Wildman–Crippen MR) is 68.9 cm³/mol. The number of hydrogen-bond donors (Lipinski definition) is 2. The lowest BCUT2D eigenvalue weighted by Crippen LogP contribution is -2.26. The molecule has 19 heavy (non-hydrogen) atoms. The van der Waals surface area contributed by atoms with Crippen LogP contribution in [0.15, 0.2) is 23.0 Å². The van der Waals surface area contributed by atoms with Crippen molar-refractivity contribution in [1.82, 2.24) is 9.55 Å². The third-order valence-electron chi connectivity index (χ3n) is 3.29. The Labute approximate surface area is 108 Å². The Morgan fingerprint density at radius 3 is 2.68 bits per heavy atom. The highest BCUT2D eigenvalue weighted by molar-refractivity contribution is 5.77. The van der Waals surface area contributed by atoms with Gasteiger partial charge in [0.15, 0.2) is 0 Å². The molecule has 1 aliphatic carbocycles. The maximum atomic E-state index is 11.8. The Bertz CT molecular complexity index is 689.